The Morgan fingerprint density at radius 2 is 2.05 bits per heavy atom. The standard InChI is InChI=1S/C16H26N4O2/c1-11(2)8-9-17-16(22)13-10-14(20(3)19-13)18-15(21)12-6-4-5-7-12/h10-12H,4-9H2,1-3H3,(H,17,22)(H,18,21). The van der Waals surface area contributed by atoms with Crippen LogP contribution in [-0.4, -0.2) is 28.1 Å². The lowest BCUT2D eigenvalue weighted by Crippen LogP contribution is -2.25. The maximum Gasteiger partial charge on any atom is 0.271 e. The summed E-state index contributed by atoms with van der Waals surface area (Å²) >= 11 is 0. The van der Waals surface area contributed by atoms with Gasteiger partial charge in [0.05, 0.1) is 0 Å². The molecule has 22 heavy (non-hydrogen) atoms. The lowest BCUT2D eigenvalue weighted by atomic mass is 10.1. The van der Waals surface area contributed by atoms with Crippen LogP contribution in [0.15, 0.2) is 6.07 Å². The van der Waals surface area contributed by atoms with Crippen molar-refractivity contribution in [3.63, 3.8) is 0 Å². The molecule has 2 rings (SSSR count). The fourth-order valence-electron chi connectivity index (χ4n) is 2.68. The second kappa shape index (κ2) is 7.42. The fraction of sp³-hybridized carbons (Fsp3) is 0.688. The Bertz CT molecular complexity index is 530. The lowest BCUT2D eigenvalue weighted by molar-refractivity contribution is -0.119. The zero-order valence-electron chi connectivity index (χ0n) is 13.7. The first-order chi connectivity index (χ1) is 10.5. The van der Waals surface area contributed by atoms with Crippen molar-refractivity contribution in [3.8, 4) is 0 Å². The number of hydrogen-bond acceptors (Lipinski definition) is 3. The lowest BCUT2D eigenvalue weighted by Gasteiger charge is -2.09. The summed E-state index contributed by atoms with van der Waals surface area (Å²) in [5.41, 5.74) is 0.341. The molecule has 1 saturated carbocycles. The summed E-state index contributed by atoms with van der Waals surface area (Å²) in [5, 5.41) is 9.91. The third-order valence-corrected chi connectivity index (χ3v) is 4.10. The van der Waals surface area contributed by atoms with Crippen LogP contribution in [0.4, 0.5) is 5.82 Å². The van der Waals surface area contributed by atoms with E-state index in [4.69, 9.17) is 0 Å². The molecule has 0 saturated heterocycles. The topological polar surface area (TPSA) is 76.0 Å². The van der Waals surface area contributed by atoms with Crippen molar-refractivity contribution in [2.45, 2.75) is 46.0 Å². The normalized spacial score (nSPS) is 15.3. The van der Waals surface area contributed by atoms with Crippen LogP contribution < -0.4 is 10.6 Å². The summed E-state index contributed by atoms with van der Waals surface area (Å²) in [5.74, 6) is 1.05. The van der Waals surface area contributed by atoms with Crippen molar-refractivity contribution in [2.75, 3.05) is 11.9 Å². The number of amides is 2. The van der Waals surface area contributed by atoms with Crippen LogP contribution >= 0.6 is 0 Å². The first-order valence-corrected chi connectivity index (χ1v) is 8.10. The number of aryl methyl sites for hydroxylation is 1. The summed E-state index contributed by atoms with van der Waals surface area (Å²) in [6.45, 7) is 4.87. The average molecular weight is 306 g/mol. The maximum absolute atomic E-state index is 12.1. The summed E-state index contributed by atoms with van der Waals surface area (Å²) in [6, 6.07) is 1.64. The minimum Gasteiger partial charge on any atom is -0.351 e. The third-order valence-electron chi connectivity index (χ3n) is 4.10. The molecule has 0 aliphatic heterocycles. The molecule has 0 bridgehead atoms. The maximum atomic E-state index is 12.1. The molecule has 0 spiro atoms. The number of hydrogen-bond donors (Lipinski definition) is 2. The molecule has 2 amide bonds. The predicted octanol–water partition coefficient (Wildman–Crippen LogP) is 2.32. The predicted molar refractivity (Wildman–Crippen MR) is 85.6 cm³/mol. The molecule has 0 aromatic carbocycles. The van der Waals surface area contributed by atoms with Gasteiger partial charge in [-0.3, -0.25) is 14.3 Å². The van der Waals surface area contributed by atoms with E-state index < -0.39 is 0 Å². The van der Waals surface area contributed by atoms with Crippen molar-refractivity contribution in [1.29, 1.82) is 0 Å². The summed E-state index contributed by atoms with van der Waals surface area (Å²) in [6.07, 6.45) is 5.07. The monoisotopic (exact) mass is 306 g/mol. The number of carbonyl (C=O) groups is 2. The van der Waals surface area contributed by atoms with E-state index in [1.165, 1.54) is 0 Å². The van der Waals surface area contributed by atoms with Gasteiger partial charge in [0.2, 0.25) is 5.91 Å². The smallest absolute Gasteiger partial charge is 0.271 e. The highest BCUT2D eigenvalue weighted by molar-refractivity contribution is 5.96. The second-order valence-corrected chi connectivity index (χ2v) is 6.45. The minimum atomic E-state index is -0.197. The van der Waals surface area contributed by atoms with E-state index >= 15 is 0 Å². The van der Waals surface area contributed by atoms with E-state index in [1.807, 2.05) is 0 Å². The number of anilines is 1. The Hall–Kier alpha value is -1.85. The molecule has 0 atom stereocenters. The van der Waals surface area contributed by atoms with Gasteiger partial charge in [-0.15, -0.1) is 0 Å². The first-order valence-electron chi connectivity index (χ1n) is 8.10. The van der Waals surface area contributed by atoms with E-state index in [0.717, 1.165) is 32.1 Å². The summed E-state index contributed by atoms with van der Waals surface area (Å²) in [7, 11) is 1.73. The van der Waals surface area contributed by atoms with Crippen LogP contribution in [0, 0.1) is 11.8 Å². The molecule has 6 heteroatoms. The van der Waals surface area contributed by atoms with Crippen LogP contribution in [0.5, 0.6) is 0 Å². The van der Waals surface area contributed by atoms with Gasteiger partial charge in [-0.1, -0.05) is 26.7 Å². The van der Waals surface area contributed by atoms with Gasteiger partial charge in [0, 0.05) is 25.6 Å². The number of nitrogens with one attached hydrogen (secondary N) is 2. The Kier molecular flexibility index (Phi) is 5.57. The molecule has 1 aliphatic rings. The zero-order valence-corrected chi connectivity index (χ0v) is 13.7. The van der Waals surface area contributed by atoms with Gasteiger partial charge in [0.25, 0.3) is 5.91 Å². The van der Waals surface area contributed by atoms with Gasteiger partial charge in [-0.05, 0) is 25.2 Å². The number of nitrogens with zero attached hydrogens (tertiary/aromatic N) is 2. The minimum absolute atomic E-state index is 0.0345. The van der Waals surface area contributed by atoms with E-state index in [1.54, 1.807) is 17.8 Å². The van der Waals surface area contributed by atoms with Crippen LogP contribution in [0.1, 0.15) is 56.4 Å². The molecule has 0 unspecified atom stereocenters. The zero-order chi connectivity index (χ0) is 16.1. The van der Waals surface area contributed by atoms with Gasteiger partial charge in [0.15, 0.2) is 5.69 Å². The van der Waals surface area contributed by atoms with Crippen LogP contribution in [0.2, 0.25) is 0 Å². The Labute approximate surface area is 131 Å². The number of carbonyl (C=O) groups excluding carboxylic acids is 2. The molecule has 1 aromatic heterocycles. The highest BCUT2D eigenvalue weighted by Crippen LogP contribution is 2.26. The highest BCUT2D eigenvalue weighted by atomic mass is 16.2. The molecule has 1 heterocycles. The molecule has 2 N–H and O–H groups in total. The molecule has 122 valence electrons. The van der Waals surface area contributed by atoms with Crippen LogP contribution in [-0.2, 0) is 11.8 Å². The van der Waals surface area contributed by atoms with Crippen molar-refractivity contribution < 1.29 is 9.59 Å². The van der Waals surface area contributed by atoms with Crippen molar-refractivity contribution in [1.82, 2.24) is 15.1 Å². The van der Waals surface area contributed by atoms with E-state index in [-0.39, 0.29) is 17.7 Å². The van der Waals surface area contributed by atoms with Gasteiger partial charge in [-0.25, -0.2) is 0 Å². The Morgan fingerprint density at radius 3 is 2.68 bits per heavy atom. The summed E-state index contributed by atoms with van der Waals surface area (Å²) in [4.78, 5) is 24.2. The Morgan fingerprint density at radius 1 is 1.36 bits per heavy atom. The third kappa shape index (κ3) is 4.32. The second-order valence-electron chi connectivity index (χ2n) is 6.45. The summed E-state index contributed by atoms with van der Waals surface area (Å²) < 4.78 is 1.55. The number of aromatic nitrogens is 2. The molecule has 6 nitrogen and oxygen atoms in total. The molecular formula is C16H26N4O2. The van der Waals surface area contributed by atoms with Gasteiger partial charge >= 0.3 is 0 Å². The van der Waals surface area contributed by atoms with Gasteiger partial charge in [0.1, 0.15) is 5.82 Å². The molecule has 1 aromatic rings. The van der Waals surface area contributed by atoms with Gasteiger partial charge in [-0.2, -0.15) is 5.10 Å². The van der Waals surface area contributed by atoms with E-state index in [9.17, 15) is 9.59 Å². The van der Waals surface area contributed by atoms with Crippen LogP contribution in [0.25, 0.3) is 0 Å². The van der Waals surface area contributed by atoms with Crippen LogP contribution in [0.3, 0.4) is 0 Å². The molecule has 1 fully saturated rings. The SMILES string of the molecule is CC(C)CCNC(=O)c1cc(NC(=O)C2CCCC2)n(C)n1. The van der Waals surface area contributed by atoms with Crippen molar-refractivity contribution >= 4 is 17.6 Å². The van der Waals surface area contributed by atoms with E-state index in [2.05, 4.69) is 29.6 Å². The fourth-order valence-corrected chi connectivity index (χ4v) is 2.68. The Balaban J connectivity index is 1.92. The van der Waals surface area contributed by atoms with E-state index in [0.29, 0.717) is 24.0 Å². The van der Waals surface area contributed by atoms with Crippen molar-refractivity contribution in [3.05, 3.63) is 11.8 Å². The molecule has 1 aliphatic carbocycles. The van der Waals surface area contributed by atoms with Gasteiger partial charge < -0.3 is 10.6 Å². The average Bonchev–Trinajstić information content (AvgIpc) is 3.09. The molecule has 0 radical (unpaired) electrons. The molecular weight excluding hydrogens is 280 g/mol. The number of rotatable bonds is 6. The quantitative estimate of drug-likeness (QED) is 0.847. The first kappa shape index (κ1) is 16.5. The highest BCUT2D eigenvalue weighted by Gasteiger charge is 2.24. The van der Waals surface area contributed by atoms with Crippen molar-refractivity contribution in [2.24, 2.45) is 18.9 Å². The largest absolute Gasteiger partial charge is 0.351 e.